The summed E-state index contributed by atoms with van der Waals surface area (Å²) in [5, 5.41) is 0. The van der Waals surface area contributed by atoms with Crippen molar-refractivity contribution in [3.05, 3.63) is 24.0 Å². The molecule has 2 nitrogen and oxygen atoms in total. The molecule has 0 aromatic carbocycles. The molecule has 1 aliphatic heterocycles. The van der Waals surface area contributed by atoms with Crippen LogP contribution in [0.5, 0.6) is 0 Å². The normalized spacial score (nSPS) is 46.1. The molecule has 70 valence electrons. The summed E-state index contributed by atoms with van der Waals surface area (Å²) in [5.74, 6) is 2.37. The van der Waals surface area contributed by atoms with E-state index in [-0.39, 0.29) is 0 Å². The molecule has 2 heteroatoms. The SMILES string of the molecule is COC1=CC2C=CC23COCC3C1. The number of hydrogen-bond acceptors (Lipinski definition) is 2. The summed E-state index contributed by atoms with van der Waals surface area (Å²) in [7, 11) is 1.76. The number of methoxy groups -OCH3 is 1. The van der Waals surface area contributed by atoms with Crippen molar-refractivity contribution < 1.29 is 9.47 Å². The average Bonchev–Trinajstić information content (AvgIpc) is 2.55. The summed E-state index contributed by atoms with van der Waals surface area (Å²) < 4.78 is 10.9. The Bertz CT molecular complexity index is 292. The van der Waals surface area contributed by atoms with Crippen LogP contribution in [0.15, 0.2) is 24.0 Å². The molecule has 1 saturated heterocycles. The highest BCUT2D eigenvalue weighted by Crippen LogP contribution is 2.55. The van der Waals surface area contributed by atoms with Crippen molar-refractivity contribution in [1.29, 1.82) is 0 Å². The lowest BCUT2D eigenvalue weighted by atomic mass is 9.58. The molecule has 3 rings (SSSR count). The van der Waals surface area contributed by atoms with Gasteiger partial charge in [-0.3, -0.25) is 0 Å². The van der Waals surface area contributed by atoms with Gasteiger partial charge in [-0.05, 0) is 6.08 Å². The minimum Gasteiger partial charge on any atom is -0.501 e. The number of ether oxygens (including phenoxy) is 2. The van der Waals surface area contributed by atoms with Crippen molar-refractivity contribution >= 4 is 0 Å². The van der Waals surface area contributed by atoms with Crippen LogP contribution >= 0.6 is 0 Å². The van der Waals surface area contributed by atoms with E-state index >= 15 is 0 Å². The maximum absolute atomic E-state index is 5.57. The van der Waals surface area contributed by atoms with Gasteiger partial charge < -0.3 is 9.47 Å². The van der Waals surface area contributed by atoms with Gasteiger partial charge in [0, 0.05) is 23.7 Å². The van der Waals surface area contributed by atoms with Crippen LogP contribution in [-0.2, 0) is 9.47 Å². The Hall–Kier alpha value is -0.760. The van der Waals surface area contributed by atoms with Crippen molar-refractivity contribution in [2.75, 3.05) is 20.3 Å². The Balaban J connectivity index is 1.97. The van der Waals surface area contributed by atoms with E-state index in [2.05, 4.69) is 18.2 Å². The van der Waals surface area contributed by atoms with Crippen LogP contribution in [0.3, 0.4) is 0 Å². The summed E-state index contributed by atoms with van der Waals surface area (Å²) in [6, 6.07) is 0. The van der Waals surface area contributed by atoms with Crippen molar-refractivity contribution in [3.8, 4) is 0 Å². The van der Waals surface area contributed by atoms with Crippen LogP contribution in [0.4, 0.5) is 0 Å². The predicted molar refractivity (Wildman–Crippen MR) is 49.1 cm³/mol. The first-order valence-corrected chi connectivity index (χ1v) is 4.87. The molecule has 3 aliphatic rings. The molecule has 3 atom stereocenters. The summed E-state index contributed by atoms with van der Waals surface area (Å²) in [6.45, 7) is 1.81. The van der Waals surface area contributed by atoms with Crippen LogP contribution in [0, 0.1) is 17.3 Å². The molecule has 2 aliphatic carbocycles. The lowest BCUT2D eigenvalue weighted by molar-refractivity contribution is 0.136. The fourth-order valence-corrected chi connectivity index (χ4v) is 2.78. The molecular formula is C11H14O2. The largest absolute Gasteiger partial charge is 0.501 e. The van der Waals surface area contributed by atoms with E-state index in [0.717, 1.165) is 25.4 Å². The van der Waals surface area contributed by atoms with Gasteiger partial charge >= 0.3 is 0 Å². The maximum Gasteiger partial charge on any atom is 0.0925 e. The van der Waals surface area contributed by atoms with Gasteiger partial charge in [-0.1, -0.05) is 12.2 Å². The topological polar surface area (TPSA) is 18.5 Å². The van der Waals surface area contributed by atoms with Crippen LogP contribution in [0.1, 0.15) is 6.42 Å². The maximum atomic E-state index is 5.57. The first-order valence-electron chi connectivity index (χ1n) is 4.87. The molecule has 0 bridgehead atoms. The summed E-state index contributed by atoms with van der Waals surface area (Å²) in [6.07, 6.45) is 7.90. The van der Waals surface area contributed by atoms with Gasteiger partial charge in [-0.15, -0.1) is 0 Å². The van der Waals surface area contributed by atoms with Crippen molar-refractivity contribution in [1.82, 2.24) is 0 Å². The van der Waals surface area contributed by atoms with Gasteiger partial charge in [0.1, 0.15) is 0 Å². The Morgan fingerprint density at radius 1 is 1.62 bits per heavy atom. The van der Waals surface area contributed by atoms with Crippen molar-refractivity contribution in [2.24, 2.45) is 17.3 Å². The zero-order chi connectivity index (χ0) is 8.89. The summed E-state index contributed by atoms with van der Waals surface area (Å²) in [4.78, 5) is 0. The quantitative estimate of drug-likeness (QED) is 0.569. The summed E-state index contributed by atoms with van der Waals surface area (Å²) in [5.41, 5.74) is 0.349. The molecule has 0 saturated carbocycles. The monoisotopic (exact) mass is 178 g/mol. The van der Waals surface area contributed by atoms with Gasteiger partial charge in [-0.2, -0.15) is 0 Å². The van der Waals surface area contributed by atoms with Gasteiger partial charge in [0.25, 0.3) is 0 Å². The Labute approximate surface area is 78.2 Å². The van der Waals surface area contributed by atoms with E-state index in [1.54, 1.807) is 7.11 Å². The number of allylic oxidation sites excluding steroid dienone is 3. The van der Waals surface area contributed by atoms with Gasteiger partial charge in [-0.25, -0.2) is 0 Å². The third-order valence-corrected chi connectivity index (χ3v) is 3.74. The molecule has 13 heavy (non-hydrogen) atoms. The lowest BCUT2D eigenvalue weighted by Crippen LogP contribution is -2.42. The third-order valence-electron chi connectivity index (χ3n) is 3.74. The zero-order valence-corrected chi connectivity index (χ0v) is 7.82. The van der Waals surface area contributed by atoms with Crippen LogP contribution in [0.2, 0.25) is 0 Å². The van der Waals surface area contributed by atoms with Crippen molar-refractivity contribution in [3.63, 3.8) is 0 Å². The Morgan fingerprint density at radius 2 is 2.54 bits per heavy atom. The first-order chi connectivity index (χ1) is 6.35. The fraction of sp³-hybridized carbons (Fsp3) is 0.636. The summed E-state index contributed by atoms with van der Waals surface area (Å²) >= 11 is 0. The minimum atomic E-state index is 0.349. The van der Waals surface area contributed by atoms with E-state index in [4.69, 9.17) is 9.47 Å². The van der Waals surface area contributed by atoms with Gasteiger partial charge in [0.15, 0.2) is 0 Å². The Kier molecular flexibility index (Phi) is 1.40. The number of hydrogen-bond donors (Lipinski definition) is 0. The highest BCUT2D eigenvalue weighted by molar-refractivity contribution is 5.32. The van der Waals surface area contributed by atoms with Gasteiger partial charge in [0.2, 0.25) is 0 Å². The molecular weight excluding hydrogens is 164 g/mol. The van der Waals surface area contributed by atoms with E-state index in [1.807, 2.05) is 0 Å². The highest BCUT2D eigenvalue weighted by Gasteiger charge is 2.53. The smallest absolute Gasteiger partial charge is 0.0925 e. The van der Waals surface area contributed by atoms with Crippen molar-refractivity contribution in [2.45, 2.75) is 6.42 Å². The van der Waals surface area contributed by atoms with Crippen LogP contribution in [0.25, 0.3) is 0 Å². The molecule has 1 fully saturated rings. The standard InChI is InChI=1S/C11H14O2/c1-12-10-4-8-2-3-11(8)7-13-6-9(11)5-10/h2-4,8-9H,5-7H2,1H3. The van der Waals surface area contributed by atoms with E-state index in [1.165, 1.54) is 0 Å². The average molecular weight is 178 g/mol. The van der Waals surface area contributed by atoms with Crippen LogP contribution < -0.4 is 0 Å². The number of rotatable bonds is 1. The third kappa shape index (κ3) is 0.819. The molecule has 0 aromatic rings. The predicted octanol–water partition coefficient (Wildman–Crippen LogP) is 1.74. The zero-order valence-electron chi connectivity index (χ0n) is 7.82. The highest BCUT2D eigenvalue weighted by atomic mass is 16.5. The fourth-order valence-electron chi connectivity index (χ4n) is 2.78. The molecule has 1 spiro atoms. The second kappa shape index (κ2) is 2.38. The van der Waals surface area contributed by atoms with E-state index in [0.29, 0.717) is 17.3 Å². The molecule has 0 aromatic heterocycles. The first kappa shape index (κ1) is 7.63. The van der Waals surface area contributed by atoms with Gasteiger partial charge in [0.05, 0.1) is 26.1 Å². The molecule has 3 unspecified atom stereocenters. The van der Waals surface area contributed by atoms with E-state index < -0.39 is 0 Å². The minimum absolute atomic E-state index is 0.349. The molecule has 0 amide bonds. The lowest BCUT2D eigenvalue weighted by Gasteiger charge is -2.45. The second-order valence-electron chi connectivity index (χ2n) is 4.25. The molecule has 0 N–H and O–H groups in total. The molecule has 1 heterocycles. The van der Waals surface area contributed by atoms with E-state index in [9.17, 15) is 0 Å². The second-order valence-corrected chi connectivity index (χ2v) is 4.25. The molecule has 0 radical (unpaired) electrons. The van der Waals surface area contributed by atoms with Crippen LogP contribution in [-0.4, -0.2) is 20.3 Å². The Morgan fingerprint density at radius 3 is 3.23 bits per heavy atom.